The van der Waals surface area contributed by atoms with Gasteiger partial charge in [-0.25, -0.2) is 0 Å². The lowest BCUT2D eigenvalue weighted by atomic mass is 9.83. The number of carbonyl (C=O) groups is 1. The van der Waals surface area contributed by atoms with E-state index in [1.807, 2.05) is 42.5 Å². The molecule has 0 aliphatic carbocycles. The predicted molar refractivity (Wildman–Crippen MR) is 113 cm³/mol. The van der Waals surface area contributed by atoms with Crippen molar-refractivity contribution in [2.45, 2.75) is 44.6 Å². The fourth-order valence-corrected chi connectivity index (χ4v) is 3.36. The Morgan fingerprint density at radius 2 is 1.90 bits per heavy atom. The van der Waals surface area contributed by atoms with Crippen LogP contribution in [0.5, 0.6) is 0 Å². The molecule has 0 spiro atoms. The average Bonchev–Trinajstić information content (AvgIpc) is 3.11. The Balaban J connectivity index is 1.87. The Kier molecular flexibility index (Phi) is 6.10. The van der Waals surface area contributed by atoms with Crippen molar-refractivity contribution in [3.05, 3.63) is 71.3 Å². The monoisotopic (exact) mass is 394 g/mol. The van der Waals surface area contributed by atoms with E-state index >= 15 is 0 Å². The predicted octanol–water partition coefficient (Wildman–Crippen LogP) is 2.22. The van der Waals surface area contributed by atoms with Crippen LogP contribution in [0.4, 0.5) is 0 Å². The molecular weight excluding hydrogens is 367 g/mol. The molecule has 3 rings (SSSR count). The van der Waals surface area contributed by atoms with E-state index in [-0.39, 0.29) is 11.9 Å². The summed E-state index contributed by atoms with van der Waals surface area (Å²) in [4.78, 5) is 18.7. The SMILES string of the molecule is CC(C)(C)c1cccc(C2=NOC(Cc3ccccc3)(C(=O)NCB(O)O)C2)c1. The molecule has 1 atom stereocenters. The van der Waals surface area contributed by atoms with Gasteiger partial charge in [0.1, 0.15) is 0 Å². The van der Waals surface area contributed by atoms with Crippen molar-refractivity contribution in [1.29, 1.82) is 0 Å². The minimum Gasteiger partial charge on any atom is -0.426 e. The summed E-state index contributed by atoms with van der Waals surface area (Å²) in [5.41, 5.74) is 2.49. The van der Waals surface area contributed by atoms with Crippen LogP contribution in [-0.4, -0.2) is 40.8 Å². The minimum absolute atomic E-state index is 0.00814. The third-order valence-electron chi connectivity index (χ3n) is 5.04. The molecule has 1 amide bonds. The molecule has 29 heavy (non-hydrogen) atoms. The van der Waals surface area contributed by atoms with Crippen molar-refractivity contribution in [1.82, 2.24) is 5.32 Å². The topological polar surface area (TPSA) is 91.2 Å². The Morgan fingerprint density at radius 1 is 1.17 bits per heavy atom. The highest BCUT2D eigenvalue weighted by Gasteiger charge is 2.47. The number of rotatable bonds is 6. The second-order valence-corrected chi connectivity index (χ2v) is 8.48. The number of hydrogen-bond acceptors (Lipinski definition) is 5. The summed E-state index contributed by atoms with van der Waals surface area (Å²) in [6, 6.07) is 17.7. The van der Waals surface area contributed by atoms with Gasteiger partial charge in [0.25, 0.3) is 5.91 Å². The van der Waals surface area contributed by atoms with Gasteiger partial charge in [-0.2, -0.15) is 0 Å². The average molecular weight is 394 g/mol. The van der Waals surface area contributed by atoms with E-state index in [0.717, 1.165) is 11.1 Å². The number of nitrogens with zero attached hydrogens (tertiary/aromatic N) is 1. The normalized spacial score (nSPS) is 18.7. The van der Waals surface area contributed by atoms with E-state index in [4.69, 9.17) is 14.9 Å². The first-order chi connectivity index (χ1) is 13.7. The molecule has 0 bridgehead atoms. The second-order valence-electron chi connectivity index (χ2n) is 8.48. The molecule has 1 heterocycles. The molecule has 1 aliphatic rings. The molecule has 0 aromatic heterocycles. The second kappa shape index (κ2) is 8.39. The van der Waals surface area contributed by atoms with Gasteiger partial charge >= 0.3 is 7.12 Å². The number of oxime groups is 1. The first-order valence-electron chi connectivity index (χ1n) is 9.74. The van der Waals surface area contributed by atoms with Crippen molar-refractivity contribution in [3.63, 3.8) is 0 Å². The Labute approximate surface area is 171 Å². The minimum atomic E-state index is -1.63. The zero-order valence-corrected chi connectivity index (χ0v) is 17.1. The van der Waals surface area contributed by atoms with Gasteiger partial charge in [-0.15, -0.1) is 0 Å². The lowest BCUT2D eigenvalue weighted by Gasteiger charge is -2.25. The van der Waals surface area contributed by atoms with Crippen LogP contribution in [0.3, 0.4) is 0 Å². The smallest absolute Gasteiger partial charge is 0.426 e. The summed E-state index contributed by atoms with van der Waals surface area (Å²) in [5.74, 6) is -0.417. The van der Waals surface area contributed by atoms with E-state index in [9.17, 15) is 4.79 Å². The third kappa shape index (κ3) is 5.05. The molecule has 2 aromatic rings. The number of carbonyl (C=O) groups excluding carboxylic acids is 1. The van der Waals surface area contributed by atoms with Crippen molar-refractivity contribution in [2.75, 3.05) is 6.44 Å². The summed E-state index contributed by atoms with van der Waals surface area (Å²) >= 11 is 0. The molecule has 2 aromatic carbocycles. The van der Waals surface area contributed by atoms with Crippen LogP contribution < -0.4 is 5.32 Å². The van der Waals surface area contributed by atoms with Crippen molar-refractivity contribution < 1.29 is 19.7 Å². The van der Waals surface area contributed by atoms with Crippen LogP contribution in [0, 0.1) is 0 Å². The summed E-state index contributed by atoms with van der Waals surface area (Å²) < 4.78 is 0. The summed E-state index contributed by atoms with van der Waals surface area (Å²) in [6.07, 6.45) is 0.351. The van der Waals surface area contributed by atoms with Crippen molar-refractivity contribution in [2.24, 2.45) is 5.16 Å². The maximum atomic E-state index is 12.9. The van der Waals surface area contributed by atoms with Crippen molar-refractivity contribution >= 4 is 18.7 Å². The first-order valence-corrected chi connectivity index (χ1v) is 9.74. The van der Waals surface area contributed by atoms with E-state index in [0.29, 0.717) is 18.6 Å². The third-order valence-corrected chi connectivity index (χ3v) is 5.04. The fraction of sp³-hybridized carbons (Fsp3) is 0.364. The number of nitrogens with one attached hydrogen (secondary N) is 1. The molecule has 3 N–H and O–H groups in total. The summed E-state index contributed by atoms with van der Waals surface area (Å²) in [5, 5.41) is 25.1. The van der Waals surface area contributed by atoms with Crippen LogP contribution in [0.1, 0.15) is 43.9 Å². The molecule has 7 heteroatoms. The molecule has 1 aliphatic heterocycles. The number of benzene rings is 2. The molecule has 0 fully saturated rings. The highest BCUT2D eigenvalue weighted by Crippen LogP contribution is 2.32. The lowest BCUT2D eigenvalue weighted by molar-refractivity contribution is -0.143. The molecular formula is C22H27BN2O4. The first kappa shape index (κ1) is 21.1. The molecule has 0 radical (unpaired) electrons. The Bertz CT molecular complexity index is 893. The largest absolute Gasteiger partial charge is 0.472 e. The van der Waals surface area contributed by atoms with Crippen LogP contribution in [-0.2, 0) is 21.5 Å². The highest BCUT2D eigenvalue weighted by molar-refractivity contribution is 6.41. The molecule has 6 nitrogen and oxygen atoms in total. The lowest BCUT2D eigenvalue weighted by Crippen LogP contribution is -2.51. The Morgan fingerprint density at radius 3 is 2.55 bits per heavy atom. The maximum Gasteiger partial charge on any atom is 0.472 e. The maximum absolute atomic E-state index is 12.9. The van der Waals surface area contributed by atoms with Gasteiger partial charge in [-0.05, 0) is 28.2 Å². The van der Waals surface area contributed by atoms with Gasteiger partial charge in [0.05, 0.1) is 12.2 Å². The van der Waals surface area contributed by atoms with Gasteiger partial charge in [0, 0.05) is 12.8 Å². The molecule has 0 saturated heterocycles. The standard InChI is InChI=1S/C22H27BN2O4/c1-21(2,3)18-11-7-10-17(12-18)19-14-22(29-25-19,20(26)24-15-23(27)28)13-16-8-5-4-6-9-16/h4-12,27-28H,13-15H2,1-3H3,(H,24,26). The fourth-order valence-electron chi connectivity index (χ4n) is 3.36. The van der Waals surface area contributed by atoms with Gasteiger partial charge in [0.15, 0.2) is 0 Å². The molecule has 152 valence electrons. The van der Waals surface area contributed by atoms with Gasteiger partial charge < -0.3 is 20.2 Å². The van der Waals surface area contributed by atoms with Gasteiger partial charge in [0.2, 0.25) is 5.60 Å². The van der Waals surface area contributed by atoms with Crippen LogP contribution in [0.2, 0.25) is 0 Å². The number of hydrogen-bond donors (Lipinski definition) is 3. The molecule has 0 saturated carbocycles. The van der Waals surface area contributed by atoms with Crippen LogP contribution in [0.15, 0.2) is 59.8 Å². The van der Waals surface area contributed by atoms with E-state index in [2.05, 4.69) is 43.4 Å². The van der Waals surface area contributed by atoms with E-state index < -0.39 is 18.6 Å². The quantitative estimate of drug-likeness (QED) is 0.656. The van der Waals surface area contributed by atoms with Gasteiger partial charge in [-0.1, -0.05) is 74.5 Å². The highest BCUT2D eigenvalue weighted by atomic mass is 16.7. The van der Waals surface area contributed by atoms with Crippen LogP contribution >= 0.6 is 0 Å². The van der Waals surface area contributed by atoms with Gasteiger partial charge in [-0.3, -0.25) is 4.79 Å². The summed E-state index contributed by atoms with van der Waals surface area (Å²) in [7, 11) is -1.63. The van der Waals surface area contributed by atoms with E-state index in [1.165, 1.54) is 5.56 Å². The van der Waals surface area contributed by atoms with E-state index in [1.54, 1.807) is 0 Å². The Hall–Kier alpha value is -2.64. The number of amides is 1. The zero-order valence-electron chi connectivity index (χ0n) is 17.1. The zero-order chi connectivity index (χ0) is 21.1. The molecule has 1 unspecified atom stereocenters. The van der Waals surface area contributed by atoms with Crippen LogP contribution in [0.25, 0.3) is 0 Å². The summed E-state index contributed by atoms with van der Waals surface area (Å²) in [6.45, 7) is 6.44. The van der Waals surface area contributed by atoms with Crippen molar-refractivity contribution in [3.8, 4) is 0 Å².